The molecular weight excluding hydrogens is 220 g/mol. The summed E-state index contributed by atoms with van der Waals surface area (Å²) in [4.78, 5) is 0. The molecular formula is C17H24O. The van der Waals surface area contributed by atoms with Crippen molar-refractivity contribution in [1.82, 2.24) is 0 Å². The zero-order chi connectivity index (χ0) is 13.6. The fraction of sp³-hybridized carbons (Fsp3) is 0.412. The zero-order valence-corrected chi connectivity index (χ0v) is 11.9. The number of rotatable bonds is 5. The van der Waals surface area contributed by atoms with Crippen molar-refractivity contribution in [3.05, 3.63) is 53.6 Å². The van der Waals surface area contributed by atoms with E-state index < -0.39 is 5.60 Å². The van der Waals surface area contributed by atoms with Crippen LogP contribution in [0.5, 0.6) is 0 Å². The van der Waals surface area contributed by atoms with Gasteiger partial charge in [-0.25, -0.2) is 0 Å². The van der Waals surface area contributed by atoms with Crippen LogP contribution < -0.4 is 0 Å². The molecule has 0 bridgehead atoms. The lowest BCUT2D eigenvalue weighted by molar-refractivity contribution is 0.0828. The first-order valence-electron chi connectivity index (χ1n) is 6.66. The molecule has 18 heavy (non-hydrogen) atoms. The first-order valence-corrected chi connectivity index (χ1v) is 6.66. The summed E-state index contributed by atoms with van der Waals surface area (Å²) in [5, 5.41) is 10.1. The Morgan fingerprint density at radius 1 is 1.28 bits per heavy atom. The predicted octanol–water partition coefficient (Wildman–Crippen LogP) is 4.51. The Kier molecular flexibility index (Phi) is 5.36. The maximum absolute atomic E-state index is 10.1. The third-order valence-electron chi connectivity index (χ3n) is 3.45. The van der Waals surface area contributed by atoms with E-state index >= 15 is 0 Å². The smallest absolute Gasteiger partial charge is 0.0825 e. The topological polar surface area (TPSA) is 20.2 Å². The molecule has 0 atom stereocenters. The van der Waals surface area contributed by atoms with Crippen molar-refractivity contribution in [3.8, 4) is 0 Å². The van der Waals surface area contributed by atoms with E-state index in [-0.39, 0.29) is 0 Å². The Balaban J connectivity index is 2.82. The lowest BCUT2D eigenvalue weighted by Gasteiger charge is -2.19. The van der Waals surface area contributed by atoms with Gasteiger partial charge in [-0.05, 0) is 37.8 Å². The largest absolute Gasteiger partial charge is 0.386 e. The summed E-state index contributed by atoms with van der Waals surface area (Å²) in [5.74, 6) is 0. The Labute approximate surface area is 111 Å². The molecule has 0 saturated carbocycles. The minimum atomic E-state index is -0.663. The van der Waals surface area contributed by atoms with Crippen LogP contribution in [0.25, 0.3) is 5.57 Å². The van der Waals surface area contributed by atoms with Gasteiger partial charge in [0.25, 0.3) is 0 Å². The third kappa shape index (κ3) is 4.15. The van der Waals surface area contributed by atoms with Crippen molar-refractivity contribution in [3.63, 3.8) is 0 Å². The first-order chi connectivity index (χ1) is 8.50. The van der Waals surface area contributed by atoms with Crippen LogP contribution in [-0.4, -0.2) is 10.7 Å². The molecule has 0 aliphatic carbocycles. The van der Waals surface area contributed by atoms with Crippen LogP contribution >= 0.6 is 0 Å². The van der Waals surface area contributed by atoms with E-state index in [9.17, 15) is 5.11 Å². The molecule has 0 aromatic heterocycles. The second-order valence-corrected chi connectivity index (χ2v) is 4.89. The Morgan fingerprint density at radius 2 is 1.94 bits per heavy atom. The predicted molar refractivity (Wildman–Crippen MR) is 79.5 cm³/mol. The van der Waals surface area contributed by atoms with Crippen LogP contribution in [0.1, 0.15) is 44.7 Å². The van der Waals surface area contributed by atoms with E-state index in [4.69, 9.17) is 0 Å². The Bertz CT molecular complexity index is 437. The van der Waals surface area contributed by atoms with Gasteiger partial charge in [-0.2, -0.15) is 0 Å². The van der Waals surface area contributed by atoms with Gasteiger partial charge in [0.05, 0.1) is 5.60 Å². The summed E-state index contributed by atoms with van der Waals surface area (Å²) in [6.45, 7) is 8.20. The number of aliphatic hydroxyl groups is 1. The molecule has 0 unspecified atom stereocenters. The molecule has 0 amide bonds. The van der Waals surface area contributed by atoms with E-state index in [2.05, 4.69) is 44.2 Å². The van der Waals surface area contributed by atoms with Gasteiger partial charge in [-0.1, -0.05) is 61.9 Å². The van der Waals surface area contributed by atoms with Crippen molar-refractivity contribution in [2.45, 2.75) is 46.1 Å². The fourth-order valence-electron chi connectivity index (χ4n) is 1.84. The van der Waals surface area contributed by atoms with Gasteiger partial charge < -0.3 is 5.11 Å². The van der Waals surface area contributed by atoms with Gasteiger partial charge >= 0.3 is 0 Å². The monoisotopic (exact) mass is 244 g/mol. The highest BCUT2D eigenvalue weighted by Crippen LogP contribution is 2.18. The average Bonchev–Trinajstić information content (AvgIpc) is 2.38. The molecule has 1 heteroatoms. The molecule has 0 fully saturated rings. The zero-order valence-electron chi connectivity index (χ0n) is 11.9. The maximum Gasteiger partial charge on any atom is 0.0825 e. The van der Waals surface area contributed by atoms with Crippen molar-refractivity contribution in [2.75, 3.05) is 0 Å². The molecule has 0 heterocycles. The molecule has 98 valence electrons. The minimum absolute atomic E-state index is 0.663. The molecule has 1 rings (SSSR count). The van der Waals surface area contributed by atoms with Gasteiger partial charge in [0.15, 0.2) is 0 Å². The van der Waals surface area contributed by atoms with Gasteiger partial charge in [0, 0.05) is 0 Å². The van der Waals surface area contributed by atoms with Gasteiger partial charge in [0.1, 0.15) is 0 Å². The van der Waals surface area contributed by atoms with Crippen LogP contribution in [0.4, 0.5) is 0 Å². The van der Waals surface area contributed by atoms with Crippen molar-refractivity contribution >= 4 is 5.57 Å². The highest BCUT2D eigenvalue weighted by Gasteiger charge is 2.16. The van der Waals surface area contributed by atoms with E-state index in [1.165, 1.54) is 16.7 Å². The lowest BCUT2D eigenvalue weighted by atomic mass is 9.96. The van der Waals surface area contributed by atoms with Crippen LogP contribution in [-0.2, 0) is 0 Å². The van der Waals surface area contributed by atoms with E-state index in [1.807, 2.05) is 26.0 Å². The summed E-state index contributed by atoms with van der Waals surface area (Å²) in [6, 6.07) is 8.45. The Morgan fingerprint density at radius 3 is 2.50 bits per heavy atom. The molecule has 0 aliphatic rings. The summed E-state index contributed by atoms with van der Waals surface area (Å²) in [6.07, 6.45) is 7.41. The fourth-order valence-corrected chi connectivity index (χ4v) is 1.84. The van der Waals surface area contributed by atoms with Crippen LogP contribution in [0.15, 0.2) is 42.5 Å². The summed E-state index contributed by atoms with van der Waals surface area (Å²) in [5.41, 5.74) is 3.05. The number of hydrogen-bond donors (Lipinski definition) is 1. The van der Waals surface area contributed by atoms with Gasteiger partial charge in [-0.15, -0.1) is 0 Å². The summed E-state index contributed by atoms with van der Waals surface area (Å²) in [7, 11) is 0. The molecule has 0 saturated heterocycles. The molecule has 0 aliphatic heterocycles. The standard InChI is InChI=1S/C17H24O/c1-5-17(18,6-2)12-8-10-15(4)16-11-7-9-14(3)13-16/h7-13,18H,5-6H2,1-4H3. The van der Waals surface area contributed by atoms with E-state index in [0.717, 1.165) is 12.8 Å². The van der Waals surface area contributed by atoms with Crippen LogP contribution in [0, 0.1) is 6.92 Å². The summed E-state index contributed by atoms with van der Waals surface area (Å²) >= 11 is 0. The second-order valence-electron chi connectivity index (χ2n) is 4.89. The summed E-state index contributed by atoms with van der Waals surface area (Å²) < 4.78 is 0. The van der Waals surface area contributed by atoms with Crippen molar-refractivity contribution in [2.24, 2.45) is 0 Å². The first kappa shape index (κ1) is 14.7. The highest BCUT2D eigenvalue weighted by atomic mass is 16.3. The minimum Gasteiger partial charge on any atom is -0.386 e. The normalized spacial score (nSPS) is 13.3. The molecule has 0 spiro atoms. The van der Waals surface area contributed by atoms with Gasteiger partial charge in [0.2, 0.25) is 0 Å². The second kappa shape index (κ2) is 6.55. The number of hydrogen-bond acceptors (Lipinski definition) is 1. The maximum atomic E-state index is 10.1. The van der Waals surface area contributed by atoms with Crippen molar-refractivity contribution in [1.29, 1.82) is 0 Å². The molecule has 1 N–H and O–H groups in total. The number of benzene rings is 1. The SMILES string of the molecule is CCC(O)(C=CC=C(C)c1cccc(C)c1)CC. The Hall–Kier alpha value is -1.34. The molecule has 1 aromatic rings. The molecule has 0 radical (unpaired) electrons. The van der Waals surface area contributed by atoms with Crippen molar-refractivity contribution < 1.29 is 5.11 Å². The molecule has 1 aromatic carbocycles. The number of allylic oxidation sites excluding steroid dienone is 3. The van der Waals surface area contributed by atoms with E-state index in [0.29, 0.717) is 0 Å². The van der Waals surface area contributed by atoms with Crippen LogP contribution in [0.3, 0.4) is 0 Å². The lowest BCUT2D eigenvalue weighted by Crippen LogP contribution is -2.22. The number of aryl methyl sites for hydroxylation is 1. The average molecular weight is 244 g/mol. The van der Waals surface area contributed by atoms with E-state index in [1.54, 1.807) is 0 Å². The van der Waals surface area contributed by atoms with Gasteiger partial charge in [-0.3, -0.25) is 0 Å². The quantitative estimate of drug-likeness (QED) is 0.756. The molecule has 1 nitrogen and oxygen atoms in total. The van der Waals surface area contributed by atoms with Crippen LogP contribution in [0.2, 0.25) is 0 Å². The third-order valence-corrected chi connectivity index (χ3v) is 3.45. The highest BCUT2D eigenvalue weighted by molar-refractivity contribution is 5.65.